The Balaban J connectivity index is 2.98. The first kappa shape index (κ1) is 10.1. The highest BCUT2D eigenvalue weighted by molar-refractivity contribution is 6.41. The van der Waals surface area contributed by atoms with Crippen molar-refractivity contribution in [3.05, 3.63) is 10.8 Å². The van der Waals surface area contributed by atoms with Crippen molar-refractivity contribution in [3.63, 3.8) is 0 Å². The third-order valence-corrected chi connectivity index (χ3v) is 2.18. The number of cyclic esters (lactones) is 1. The monoisotopic (exact) mass is 204 g/mol. The molecule has 13 heavy (non-hydrogen) atoms. The Morgan fingerprint density at radius 3 is 2.46 bits per heavy atom. The molecule has 4 nitrogen and oxygen atoms in total. The quantitative estimate of drug-likeness (QED) is 0.519. The van der Waals surface area contributed by atoms with Crippen LogP contribution >= 0.6 is 11.6 Å². The van der Waals surface area contributed by atoms with Gasteiger partial charge in [-0.2, -0.15) is 0 Å². The molecule has 1 rings (SSSR count). The van der Waals surface area contributed by atoms with Crippen LogP contribution in [0.25, 0.3) is 0 Å². The molecule has 0 amide bonds. The summed E-state index contributed by atoms with van der Waals surface area (Å²) in [7, 11) is 0. The SMILES string of the molecule is CC1(C)C/C(=C(\Cl)C(=O)O)OC1=O. The summed E-state index contributed by atoms with van der Waals surface area (Å²) in [6.45, 7) is 3.35. The second-order valence-electron chi connectivity index (χ2n) is 3.49. The van der Waals surface area contributed by atoms with Gasteiger partial charge in [0, 0.05) is 6.42 Å². The maximum Gasteiger partial charge on any atom is 0.350 e. The number of ether oxygens (including phenoxy) is 1. The lowest BCUT2D eigenvalue weighted by molar-refractivity contribution is -0.142. The molecule has 0 atom stereocenters. The van der Waals surface area contributed by atoms with Crippen LogP contribution < -0.4 is 0 Å². The molecule has 1 aliphatic rings. The van der Waals surface area contributed by atoms with Crippen LogP contribution in [0.2, 0.25) is 0 Å². The molecule has 5 heteroatoms. The maximum absolute atomic E-state index is 11.1. The zero-order valence-corrected chi connectivity index (χ0v) is 8.01. The van der Waals surface area contributed by atoms with Gasteiger partial charge in [-0.25, -0.2) is 4.79 Å². The van der Waals surface area contributed by atoms with Crippen LogP contribution in [0.3, 0.4) is 0 Å². The predicted molar refractivity (Wildman–Crippen MR) is 45.0 cm³/mol. The van der Waals surface area contributed by atoms with Crippen molar-refractivity contribution < 1.29 is 19.4 Å². The number of carbonyl (C=O) groups excluding carboxylic acids is 1. The molecule has 1 N–H and O–H groups in total. The van der Waals surface area contributed by atoms with E-state index in [1.807, 2.05) is 0 Å². The molecule has 0 spiro atoms. The van der Waals surface area contributed by atoms with Gasteiger partial charge in [-0.15, -0.1) is 0 Å². The molecule has 0 aromatic heterocycles. The Morgan fingerprint density at radius 1 is 1.62 bits per heavy atom. The number of carbonyl (C=O) groups is 2. The zero-order chi connectivity index (χ0) is 10.2. The number of esters is 1. The van der Waals surface area contributed by atoms with Crippen LogP contribution in [-0.4, -0.2) is 17.0 Å². The highest BCUT2D eigenvalue weighted by Gasteiger charge is 2.40. The van der Waals surface area contributed by atoms with Gasteiger partial charge < -0.3 is 9.84 Å². The molecule has 0 aromatic carbocycles. The van der Waals surface area contributed by atoms with E-state index in [1.165, 1.54) is 0 Å². The molecule has 1 heterocycles. The average molecular weight is 205 g/mol. The number of aliphatic carboxylic acids is 1. The van der Waals surface area contributed by atoms with Gasteiger partial charge in [0.25, 0.3) is 0 Å². The van der Waals surface area contributed by atoms with E-state index in [0.29, 0.717) is 0 Å². The normalized spacial score (nSPS) is 24.1. The van der Waals surface area contributed by atoms with Crippen molar-refractivity contribution in [1.82, 2.24) is 0 Å². The van der Waals surface area contributed by atoms with Gasteiger partial charge in [0.1, 0.15) is 5.76 Å². The second kappa shape index (κ2) is 3.03. The van der Waals surface area contributed by atoms with Gasteiger partial charge in [-0.05, 0) is 13.8 Å². The van der Waals surface area contributed by atoms with Crippen molar-refractivity contribution in [2.45, 2.75) is 20.3 Å². The molecular formula is C8H9ClO4. The number of halogens is 1. The third kappa shape index (κ3) is 1.83. The van der Waals surface area contributed by atoms with E-state index in [0.717, 1.165) is 0 Å². The smallest absolute Gasteiger partial charge is 0.350 e. The largest absolute Gasteiger partial charge is 0.477 e. The van der Waals surface area contributed by atoms with Crippen molar-refractivity contribution in [3.8, 4) is 0 Å². The highest BCUT2D eigenvalue weighted by Crippen LogP contribution is 2.37. The van der Waals surface area contributed by atoms with E-state index in [4.69, 9.17) is 21.4 Å². The summed E-state index contributed by atoms with van der Waals surface area (Å²) in [6, 6.07) is 0. The van der Waals surface area contributed by atoms with Gasteiger partial charge in [-0.1, -0.05) is 11.6 Å². The van der Waals surface area contributed by atoms with Gasteiger partial charge in [0.05, 0.1) is 5.41 Å². The lowest BCUT2D eigenvalue weighted by Crippen LogP contribution is -2.16. The molecule has 72 valence electrons. The first-order valence-electron chi connectivity index (χ1n) is 3.69. The molecule has 0 bridgehead atoms. The van der Waals surface area contributed by atoms with Crippen LogP contribution in [0, 0.1) is 5.41 Å². The van der Waals surface area contributed by atoms with Crippen LogP contribution in [0.15, 0.2) is 10.8 Å². The molecule has 0 radical (unpaired) electrons. The van der Waals surface area contributed by atoms with Gasteiger partial charge in [0.15, 0.2) is 5.03 Å². The average Bonchev–Trinajstić information content (AvgIpc) is 2.25. The van der Waals surface area contributed by atoms with Gasteiger partial charge in [0.2, 0.25) is 0 Å². The molecular weight excluding hydrogens is 196 g/mol. The second-order valence-corrected chi connectivity index (χ2v) is 3.87. The predicted octanol–water partition coefficient (Wildman–Crippen LogP) is 1.49. The lowest BCUT2D eigenvalue weighted by Gasteiger charge is -2.07. The summed E-state index contributed by atoms with van der Waals surface area (Å²) in [5.41, 5.74) is -0.676. The van der Waals surface area contributed by atoms with E-state index >= 15 is 0 Å². The zero-order valence-electron chi connectivity index (χ0n) is 7.26. The number of carboxylic acid groups (broad SMARTS) is 1. The fourth-order valence-corrected chi connectivity index (χ4v) is 1.11. The van der Waals surface area contributed by atoms with Gasteiger partial charge in [-0.3, -0.25) is 4.79 Å². The summed E-state index contributed by atoms with van der Waals surface area (Å²) in [5.74, 6) is -1.67. The van der Waals surface area contributed by atoms with Gasteiger partial charge >= 0.3 is 11.9 Å². The molecule has 0 aliphatic carbocycles. The minimum atomic E-state index is -1.28. The summed E-state index contributed by atoms with van der Waals surface area (Å²) >= 11 is 5.42. The molecule has 0 aromatic rings. The lowest BCUT2D eigenvalue weighted by atomic mass is 9.91. The Labute approximate surface area is 80.1 Å². The minimum absolute atomic E-state index is 0.0455. The maximum atomic E-state index is 11.1. The van der Waals surface area contributed by atoms with E-state index in [-0.39, 0.29) is 12.2 Å². The van der Waals surface area contributed by atoms with E-state index in [9.17, 15) is 9.59 Å². The molecule has 1 fully saturated rings. The molecule has 1 aliphatic heterocycles. The number of allylic oxidation sites excluding steroid dienone is 1. The standard InChI is InChI=1S/C8H9ClO4/c1-8(2)3-4(13-7(8)12)5(9)6(10)11/h3H2,1-2H3,(H,10,11)/b5-4+. The third-order valence-electron chi connectivity index (χ3n) is 1.80. The first-order chi connectivity index (χ1) is 5.84. The Hall–Kier alpha value is -1.03. The summed E-state index contributed by atoms with van der Waals surface area (Å²) in [4.78, 5) is 21.5. The van der Waals surface area contributed by atoms with E-state index < -0.39 is 22.4 Å². The Kier molecular flexibility index (Phi) is 2.34. The molecule has 0 saturated carbocycles. The topological polar surface area (TPSA) is 63.6 Å². The van der Waals surface area contributed by atoms with Crippen molar-refractivity contribution in [1.29, 1.82) is 0 Å². The number of rotatable bonds is 1. The Bertz CT molecular complexity index is 303. The fraction of sp³-hybridized carbons (Fsp3) is 0.500. The molecule has 1 saturated heterocycles. The summed E-state index contributed by atoms with van der Waals surface area (Å²) in [6.07, 6.45) is 0.233. The van der Waals surface area contributed by atoms with E-state index in [2.05, 4.69) is 0 Å². The number of carboxylic acids is 1. The Morgan fingerprint density at radius 2 is 2.15 bits per heavy atom. The summed E-state index contributed by atoms with van der Waals surface area (Å²) in [5, 5.41) is 8.10. The van der Waals surface area contributed by atoms with Crippen LogP contribution in [-0.2, 0) is 14.3 Å². The summed E-state index contributed by atoms with van der Waals surface area (Å²) < 4.78 is 4.73. The van der Waals surface area contributed by atoms with Crippen molar-refractivity contribution in [2.24, 2.45) is 5.41 Å². The van der Waals surface area contributed by atoms with E-state index in [1.54, 1.807) is 13.8 Å². The molecule has 0 unspecified atom stereocenters. The minimum Gasteiger partial charge on any atom is -0.477 e. The first-order valence-corrected chi connectivity index (χ1v) is 4.06. The van der Waals surface area contributed by atoms with Crippen LogP contribution in [0.5, 0.6) is 0 Å². The number of hydrogen-bond acceptors (Lipinski definition) is 3. The fourth-order valence-electron chi connectivity index (χ4n) is 1.00. The number of hydrogen-bond donors (Lipinski definition) is 1. The van der Waals surface area contributed by atoms with Crippen molar-refractivity contribution >= 4 is 23.5 Å². The van der Waals surface area contributed by atoms with Crippen molar-refractivity contribution in [2.75, 3.05) is 0 Å². The van der Waals surface area contributed by atoms with Crippen LogP contribution in [0.1, 0.15) is 20.3 Å². The highest BCUT2D eigenvalue weighted by atomic mass is 35.5. The van der Waals surface area contributed by atoms with Crippen LogP contribution in [0.4, 0.5) is 0 Å².